The van der Waals surface area contributed by atoms with Crippen LogP contribution in [0.25, 0.3) is 0 Å². The Morgan fingerprint density at radius 2 is 2.11 bits per heavy atom. The van der Waals surface area contributed by atoms with E-state index in [9.17, 15) is 8.42 Å². The molecule has 2 rings (SSSR count). The van der Waals surface area contributed by atoms with Gasteiger partial charge in [-0.1, -0.05) is 33.9 Å². The number of sulfonamides is 1. The van der Waals surface area contributed by atoms with Gasteiger partial charge in [-0.05, 0) is 26.7 Å². The summed E-state index contributed by atoms with van der Waals surface area (Å²) in [5.74, 6) is 0.370. The Labute approximate surface area is 122 Å². The Kier molecular flexibility index (Phi) is 4.68. The number of aromatic nitrogens is 1. The minimum absolute atomic E-state index is 0.0150. The van der Waals surface area contributed by atoms with Crippen LogP contribution in [0.15, 0.2) is 9.42 Å². The number of aryl methyl sites for hydroxylation is 2. The van der Waals surface area contributed by atoms with Crippen molar-refractivity contribution in [2.75, 3.05) is 11.9 Å². The molecule has 2 heterocycles. The van der Waals surface area contributed by atoms with Crippen molar-refractivity contribution < 1.29 is 12.9 Å². The van der Waals surface area contributed by atoms with Crippen molar-refractivity contribution in [2.24, 2.45) is 0 Å². The van der Waals surface area contributed by atoms with E-state index in [1.165, 1.54) is 0 Å². The zero-order valence-corrected chi connectivity index (χ0v) is 13.6. The quantitative estimate of drug-likeness (QED) is 0.786. The Bertz CT molecular complexity index is 522. The van der Waals surface area contributed by atoms with Crippen LogP contribution in [0, 0.1) is 13.8 Å². The SMILES string of the molecule is Cc1noc(C)c1S(=O)(=O)N1CCCCCC1CBr. The molecule has 1 aliphatic heterocycles. The third-order valence-electron chi connectivity index (χ3n) is 3.54. The van der Waals surface area contributed by atoms with E-state index in [2.05, 4.69) is 21.1 Å². The van der Waals surface area contributed by atoms with Crippen LogP contribution in [0.3, 0.4) is 0 Å². The van der Waals surface area contributed by atoms with Crippen molar-refractivity contribution in [3.05, 3.63) is 11.5 Å². The molecule has 0 saturated carbocycles. The first-order valence-electron chi connectivity index (χ1n) is 6.49. The summed E-state index contributed by atoms with van der Waals surface area (Å²) in [6.07, 6.45) is 3.96. The second kappa shape index (κ2) is 5.93. The molecule has 1 atom stereocenters. The second-order valence-electron chi connectivity index (χ2n) is 4.93. The highest BCUT2D eigenvalue weighted by Gasteiger charge is 2.35. The van der Waals surface area contributed by atoms with Crippen LogP contribution in [0.2, 0.25) is 0 Å². The van der Waals surface area contributed by atoms with E-state index < -0.39 is 10.0 Å². The molecule has 0 bridgehead atoms. The summed E-state index contributed by atoms with van der Waals surface area (Å²) in [6.45, 7) is 3.89. The third kappa shape index (κ3) is 2.87. The molecule has 5 nitrogen and oxygen atoms in total. The molecule has 0 aromatic carbocycles. The van der Waals surface area contributed by atoms with Gasteiger partial charge in [-0.15, -0.1) is 0 Å². The molecule has 0 aliphatic carbocycles. The highest BCUT2D eigenvalue weighted by Crippen LogP contribution is 2.29. The summed E-state index contributed by atoms with van der Waals surface area (Å²) in [7, 11) is -3.52. The van der Waals surface area contributed by atoms with Gasteiger partial charge < -0.3 is 4.52 Å². The van der Waals surface area contributed by atoms with Crippen LogP contribution >= 0.6 is 15.9 Å². The maximum absolute atomic E-state index is 12.8. The maximum Gasteiger partial charge on any atom is 0.248 e. The van der Waals surface area contributed by atoms with Gasteiger partial charge in [0.1, 0.15) is 10.6 Å². The van der Waals surface area contributed by atoms with Gasteiger partial charge in [0, 0.05) is 17.9 Å². The van der Waals surface area contributed by atoms with Gasteiger partial charge in [0.15, 0.2) is 5.76 Å². The molecule has 1 aromatic rings. The minimum atomic E-state index is -3.52. The number of alkyl halides is 1. The molecule has 1 unspecified atom stereocenters. The highest BCUT2D eigenvalue weighted by atomic mass is 79.9. The van der Waals surface area contributed by atoms with Crippen LogP contribution in [-0.2, 0) is 10.0 Å². The minimum Gasteiger partial charge on any atom is -0.360 e. The van der Waals surface area contributed by atoms with E-state index in [1.807, 2.05) is 0 Å². The van der Waals surface area contributed by atoms with Crippen LogP contribution < -0.4 is 0 Å². The molecule has 0 radical (unpaired) electrons. The zero-order chi connectivity index (χ0) is 14.0. The lowest BCUT2D eigenvalue weighted by Crippen LogP contribution is -2.41. The molecule has 1 aliphatic rings. The van der Waals surface area contributed by atoms with Crippen molar-refractivity contribution in [3.8, 4) is 0 Å². The molecule has 7 heteroatoms. The molecule has 1 saturated heterocycles. The molecular weight excluding hydrogens is 332 g/mol. The summed E-state index contributed by atoms with van der Waals surface area (Å²) >= 11 is 3.43. The zero-order valence-electron chi connectivity index (χ0n) is 11.2. The lowest BCUT2D eigenvalue weighted by molar-refractivity contribution is 0.346. The summed E-state index contributed by atoms with van der Waals surface area (Å²) in [5, 5.41) is 4.42. The summed E-state index contributed by atoms with van der Waals surface area (Å²) in [5.41, 5.74) is 0.440. The Morgan fingerprint density at radius 3 is 2.68 bits per heavy atom. The molecule has 1 aromatic heterocycles. The predicted octanol–water partition coefficient (Wildman–Crippen LogP) is 2.62. The molecule has 0 N–H and O–H groups in total. The van der Waals surface area contributed by atoms with Crippen molar-refractivity contribution in [2.45, 2.75) is 50.5 Å². The van der Waals surface area contributed by atoms with Crippen LogP contribution in [-0.4, -0.2) is 35.8 Å². The number of rotatable bonds is 3. The van der Waals surface area contributed by atoms with Gasteiger partial charge in [-0.3, -0.25) is 0 Å². The molecule has 108 valence electrons. The van der Waals surface area contributed by atoms with Gasteiger partial charge in [0.25, 0.3) is 0 Å². The third-order valence-corrected chi connectivity index (χ3v) is 6.48. The van der Waals surface area contributed by atoms with Gasteiger partial charge >= 0.3 is 0 Å². The van der Waals surface area contributed by atoms with E-state index >= 15 is 0 Å². The average Bonchev–Trinajstić information content (AvgIpc) is 2.59. The molecule has 1 fully saturated rings. The van der Waals surface area contributed by atoms with Gasteiger partial charge in [0.2, 0.25) is 10.0 Å². The predicted molar refractivity (Wildman–Crippen MR) is 75.9 cm³/mol. The topological polar surface area (TPSA) is 63.4 Å². The first-order valence-corrected chi connectivity index (χ1v) is 9.05. The average molecular weight is 351 g/mol. The number of hydrogen-bond donors (Lipinski definition) is 0. The Morgan fingerprint density at radius 1 is 1.37 bits per heavy atom. The number of hydrogen-bond acceptors (Lipinski definition) is 4. The standard InChI is InChI=1S/C12H19BrN2O3S/c1-9-12(10(2)18-14-9)19(16,17)15-7-5-3-4-6-11(15)8-13/h11H,3-8H2,1-2H3. The van der Waals surface area contributed by atoms with E-state index in [1.54, 1.807) is 18.2 Å². The fraction of sp³-hybridized carbons (Fsp3) is 0.750. The van der Waals surface area contributed by atoms with Crippen LogP contribution in [0.1, 0.15) is 37.1 Å². The van der Waals surface area contributed by atoms with E-state index in [0.717, 1.165) is 25.7 Å². The largest absolute Gasteiger partial charge is 0.360 e. The summed E-state index contributed by atoms with van der Waals surface area (Å²) in [4.78, 5) is 0.236. The van der Waals surface area contributed by atoms with Gasteiger partial charge in [-0.25, -0.2) is 8.42 Å². The van der Waals surface area contributed by atoms with E-state index in [-0.39, 0.29) is 10.9 Å². The summed E-state index contributed by atoms with van der Waals surface area (Å²) in [6, 6.07) is 0.0150. The molecular formula is C12H19BrN2O3S. The molecule has 19 heavy (non-hydrogen) atoms. The number of nitrogens with zero attached hydrogens (tertiary/aromatic N) is 2. The smallest absolute Gasteiger partial charge is 0.248 e. The monoisotopic (exact) mass is 350 g/mol. The normalized spacial score (nSPS) is 22.4. The van der Waals surface area contributed by atoms with E-state index in [0.29, 0.717) is 23.3 Å². The first-order chi connectivity index (χ1) is 8.98. The van der Waals surface area contributed by atoms with E-state index in [4.69, 9.17) is 4.52 Å². The number of halogens is 1. The van der Waals surface area contributed by atoms with Crippen molar-refractivity contribution in [1.82, 2.24) is 9.46 Å². The second-order valence-corrected chi connectivity index (χ2v) is 7.40. The fourth-order valence-electron chi connectivity index (χ4n) is 2.58. The lowest BCUT2D eigenvalue weighted by atomic mass is 10.1. The van der Waals surface area contributed by atoms with Crippen molar-refractivity contribution in [1.29, 1.82) is 0 Å². The first kappa shape index (κ1) is 15.0. The summed E-state index contributed by atoms with van der Waals surface area (Å²) < 4.78 is 32.3. The van der Waals surface area contributed by atoms with Gasteiger partial charge in [-0.2, -0.15) is 4.31 Å². The molecule has 0 spiro atoms. The molecule has 0 amide bonds. The van der Waals surface area contributed by atoms with Gasteiger partial charge in [0.05, 0.1) is 0 Å². The van der Waals surface area contributed by atoms with Crippen LogP contribution in [0.4, 0.5) is 0 Å². The highest BCUT2D eigenvalue weighted by molar-refractivity contribution is 9.09. The van der Waals surface area contributed by atoms with Crippen LogP contribution in [0.5, 0.6) is 0 Å². The fourth-order valence-corrected chi connectivity index (χ4v) is 5.43. The maximum atomic E-state index is 12.8. The Hall–Kier alpha value is -0.400. The van der Waals surface area contributed by atoms with Crippen molar-refractivity contribution >= 4 is 26.0 Å². The van der Waals surface area contributed by atoms with Crippen molar-refractivity contribution in [3.63, 3.8) is 0 Å². The lowest BCUT2D eigenvalue weighted by Gasteiger charge is -2.27. The Balaban J connectivity index is 2.42.